The minimum atomic E-state index is -0.253. The Morgan fingerprint density at radius 2 is 1.56 bits per heavy atom. The van der Waals surface area contributed by atoms with Crippen LogP contribution < -0.4 is 0 Å². The summed E-state index contributed by atoms with van der Waals surface area (Å²) in [7, 11) is 0. The van der Waals surface area contributed by atoms with E-state index in [2.05, 4.69) is 4.57 Å². The molecule has 1 fully saturated rings. The van der Waals surface area contributed by atoms with Crippen molar-refractivity contribution < 1.29 is 9.59 Å². The predicted molar refractivity (Wildman–Crippen MR) is 140 cm³/mol. The Morgan fingerprint density at radius 3 is 2.32 bits per heavy atom. The molecule has 0 radical (unpaired) electrons. The fraction of sp³-hybridized carbons (Fsp3) is 0.111. The first-order valence-electron chi connectivity index (χ1n) is 10.8. The van der Waals surface area contributed by atoms with Crippen LogP contribution in [0.1, 0.15) is 16.7 Å². The van der Waals surface area contributed by atoms with Gasteiger partial charge in [0.15, 0.2) is 0 Å². The van der Waals surface area contributed by atoms with Crippen molar-refractivity contribution in [1.29, 1.82) is 0 Å². The number of fused-ring (bicyclic) bond motifs is 1. The molecule has 0 bridgehead atoms. The van der Waals surface area contributed by atoms with Crippen LogP contribution in [0.5, 0.6) is 0 Å². The molecule has 2 amide bonds. The van der Waals surface area contributed by atoms with Crippen molar-refractivity contribution in [1.82, 2.24) is 9.47 Å². The monoisotopic (exact) mass is 506 g/mol. The second-order valence-corrected chi connectivity index (χ2v) is 9.81. The summed E-state index contributed by atoms with van der Waals surface area (Å²) in [5.74, 6) is -0.253. The van der Waals surface area contributed by atoms with Crippen LogP contribution in [0.3, 0.4) is 0 Å². The van der Waals surface area contributed by atoms with Crippen LogP contribution in [0.4, 0.5) is 4.79 Å². The Labute approximate surface area is 211 Å². The highest BCUT2D eigenvalue weighted by Gasteiger charge is 2.34. The first-order valence-corrected chi connectivity index (χ1v) is 12.4. The number of rotatable bonds is 6. The highest BCUT2D eigenvalue weighted by molar-refractivity contribution is 8.18. The van der Waals surface area contributed by atoms with Crippen LogP contribution in [0.25, 0.3) is 17.0 Å². The Kier molecular flexibility index (Phi) is 6.50. The Morgan fingerprint density at radius 1 is 0.853 bits per heavy atom. The lowest BCUT2D eigenvalue weighted by Crippen LogP contribution is -2.30. The zero-order valence-electron chi connectivity index (χ0n) is 18.1. The van der Waals surface area contributed by atoms with Gasteiger partial charge in [0.05, 0.1) is 11.4 Å². The van der Waals surface area contributed by atoms with Crippen molar-refractivity contribution in [3.63, 3.8) is 0 Å². The summed E-state index contributed by atoms with van der Waals surface area (Å²) in [4.78, 5) is 27.4. The predicted octanol–water partition coefficient (Wildman–Crippen LogP) is 7.28. The molecular formula is C27H20Cl2N2O2S. The zero-order valence-corrected chi connectivity index (χ0v) is 20.4. The van der Waals surface area contributed by atoms with Gasteiger partial charge in [-0.05, 0) is 48.0 Å². The fourth-order valence-electron chi connectivity index (χ4n) is 4.09. The first kappa shape index (κ1) is 22.8. The Hall–Kier alpha value is -2.99. The molecule has 170 valence electrons. The molecule has 4 aromatic rings. The van der Waals surface area contributed by atoms with Gasteiger partial charge in [-0.3, -0.25) is 14.5 Å². The van der Waals surface area contributed by atoms with E-state index in [4.69, 9.17) is 23.2 Å². The van der Waals surface area contributed by atoms with Gasteiger partial charge < -0.3 is 4.57 Å². The fourth-order valence-corrected chi connectivity index (χ4v) is 5.47. The van der Waals surface area contributed by atoms with E-state index in [1.807, 2.05) is 79.0 Å². The molecular weight excluding hydrogens is 487 g/mol. The second kappa shape index (κ2) is 9.71. The summed E-state index contributed by atoms with van der Waals surface area (Å²) in [5, 5.41) is 1.96. The molecule has 1 aliphatic heterocycles. The molecule has 0 N–H and O–H groups in total. The maximum absolute atomic E-state index is 13.0. The molecule has 1 saturated heterocycles. The third kappa shape index (κ3) is 4.51. The van der Waals surface area contributed by atoms with Crippen molar-refractivity contribution in [3.05, 3.63) is 111 Å². The number of aromatic nitrogens is 1. The molecule has 2 heterocycles. The standard InChI is InChI=1S/C27H20Cl2N2O2S/c28-22-10-6-11-23(29)21(22)17-30-16-19(20-9-4-5-12-24(20)30)15-25-26(32)31(27(33)34-25)14-13-18-7-2-1-3-8-18/h1-12,15-16H,13-14,17H2/b25-15-. The average Bonchev–Trinajstić information content (AvgIpc) is 3.32. The van der Waals surface area contributed by atoms with Gasteiger partial charge in [-0.1, -0.05) is 77.8 Å². The minimum Gasteiger partial charge on any atom is -0.342 e. The normalized spacial score (nSPS) is 15.1. The van der Waals surface area contributed by atoms with Gasteiger partial charge in [-0.2, -0.15) is 0 Å². The van der Waals surface area contributed by atoms with Crippen molar-refractivity contribution in [2.45, 2.75) is 13.0 Å². The highest BCUT2D eigenvalue weighted by atomic mass is 35.5. The molecule has 0 unspecified atom stereocenters. The van der Waals surface area contributed by atoms with Crippen LogP contribution >= 0.6 is 35.0 Å². The van der Waals surface area contributed by atoms with E-state index >= 15 is 0 Å². The summed E-state index contributed by atoms with van der Waals surface area (Å²) in [5.41, 5.74) is 3.78. The number of nitrogens with zero attached hydrogens (tertiary/aromatic N) is 2. The smallest absolute Gasteiger partial charge is 0.293 e. The van der Waals surface area contributed by atoms with E-state index in [0.717, 1.165) is 39.4 Å². The number of amides is 2. The molecule has 1 aliphatic rings. The van der Waals surface area contributed by atoms with E-state index in [9.17, 15) is 9.59 Å². The van der Waals surface area contributed by atoms with Gasteiger partial charge in [-0.25, -0.2) is 0 Å². The molecule has 0 saturated carbocycles. The Balaban J connectivity index is 1.44. The van der Waals surface area contributed by atoms with Gasteiger partial charge in [0.1, 0.15) is 0 Å². The van der Waals surface area contributed by atoms with Crippen LogP contribution in [0, 0.1) is 0 Å². The molecule has 34 heavy (non-hydrogen) atoms. The number of hydrogen-bond donors (Lipinski definition) is 0. The number of benzene rings is 3. The third-order valence-electron chi connectivity index (χ3n) is 5.84. The summed E-state index contributed by atoms with van der Waals surface area (Å²) in [6, 6.07) is 23.2. The van der Waals surface area contributed by atoms with E-state index in [-0.39, 0.29) is 11.1 Å². The lowest BCUT2D eigenvalue weighted by Gasteiger charge is -2.12. The van der Waals surface area contributed by atoms with Crippen LogP contribution in [-0.2, 0) is 17.8 Å². The van der Waals surface area contributed by atoms with E-state index in [1.54, 1.807) is 6.08 Å². The maximum Gasteiger partial charge on any atom is 0.293 e. The van der Waals surface area contributed by atoms with Gasteiger partial charge in [0.2, 0.25) is 0 Å². The second-order valence-electron chi connectivity index (χ2n) is 8.00. The summed E-state index contributed by atoms with van der Waals surface area (Å²) in [6.45, 7) is 0.851. The molecule has 0 spiro atoms. The SMILES string of the molecule is O=C1S/C(=C\c2cn(Cc3c(Cl)cccc3Cl)c3ccccc23)C(=O)N1CCc1ccccc1. The largest absolute Gasteiger partial charge is 0.342 e. The number of carbonyl (C=O) groups is 2. The van der Waals surface area contributed by atoms with Gasteiger partial charge in [-0.15, -0.1) is 0 Å². The van der Waals surface area contributed by atoms with Crippen molar-refractivity contribution in [2.75, 3.05) is 6.54 Å². The van der Waals surface area contributed by atoms with E-state index in [1.165, 1.54) is 4.90 Å². The number of carbonyl (C=O) groups excluding carboxylic acids is 2. The van der Waals surface area contributed by atoms with Gasteiger partial charge >= 0.3 is 0 Å². The topological polar surface area (TPSA) is 42.3 Å². The van der Waals surface area contributed by atoms with Crippen molar-refractivity contribution in [3.8, 4) is 0 Å². The summed E-state index contributed by atoms with van der Waals surface area (Å²) >= 11 is 13.8. The molecule has 3 aromatic carbocycles. The van der Waals surface area contributed by atoms with E-state index < -0.39 is 0 Å². The molecule has 1 aromatic heterocycles. The highest BCUT2D eigenvalue weighted by Crippen LogP contribution is 2.35. The number of hydrogen-bond acceptors (Lipinski definition) is 3. The van der Waals surface area contributed by atoms with Crippen LogP contribution in [0.15, 0.2) is 83.9 Å². The summed E-state index contributed by atoms with van der Waals surface area (Å²) < 4.78 is 2.06. The van der Waals surface area contributed by atoms with Gasteiger partial charge in [0, 0.05) is 44.8 Å². The minimum absolute atomic E-state index is 0.237. The first-order chi connectivity index (χ1) is 16.5. The van der Waals surface area contributed by atoms with Crippen molar-refractivity contribution >= 4 is 63.1 Å². The lowest BCUT2D eigenvalue weighted by molar-refractivity contribution is -0.122. The maximum atomic E-state index is 13.0. The number of imide groups is 1. The third-order valence-corrected chi connectivity index (χ3v) is 7.45. The molecule has 0 aliphatic carbocycles. The molecule has 0 atom stereocenters. The number of halogens is 2. The Bertz CT molecular complexity index is 1410. The molecule has 7 heteroatoms. The zero-order chi connectivity index (χ0) is 23.7. The van der Waals surface area contributed by atoms with E-state index in [0.29, 0.717) is 34.5 Å². The summed E-state index contributed by atoms with van der Waals surface area (Å²) in [6.07, 6.45) is 4.41. The lowest BCUT2D eigenvalue weighted by atomic mass is 10.1. The van der Waals surface area contributed by atoms with Crippen LogP contribution in [0.2, 0.25) is 10.0 Å². The molecule has 4 nitrogen and oxygen atoms in total. The van der Waals surface area contributed by atoms with Crippen molar-refractivity contribution in [2.24, 2.45) is 0 Å². The van der Waals surface area contributed by atoms with Crippen LogP contribution in [-0.4, -0.2) is 27.2 Å². The number of thioether (sulfide) groups is 1. The number of para-hydroxylation sites is 1. The average molecular weight is 507 g/mol. The van der Waals surface area contributed by atoms with Gasteiger partial charge in [0.25, 0.3) is 11.1 Å². The molecule has 5 rings (SSSR count). The quantitative estimate of drug-likeness (QED) is 0.258.